The van der Waals surface area contributed by atoms with E-state index in [-0.39, 0.29) is 6.92 Å². The molecular formula is C8H5Cl2F13O2S. The second-order valence-electron chi connectivity index (χ2n) is 4.23. The number of hydrogen-bond acceptors (Lipinski definition) is 2. The Bertz CT molecular complexity index is 575. The van der Waals surface area contributed by atoms with Crippen LogP contribution >= 0.6 is 21.4 Å². The van der Waals surface area contributed by atoms with Crippen LogP contribution in [0, 0.1) is 0 Å². The lowest BCUT2D eigenvalue weighted by Crippen LogP contribution is -2.69. The first-order valence-electron chi connectivity index (χ1n) is 5.41. The largest absolute Gasteiger partial charge is 0.460 e. The zero-order valence-corrected chi connectivity index (χ0v) is 13.9. The maximum atomic E-state index is 12.7. The second-order valence-corrected chi connectivity index (χ2v) is 7.90. The first kappa shape index (κ1) is 27.8. The maximum absolute atomic E-state index is 12.7. The topological polar surface area (TPSA) is 34.1 Å². The minimum absolute atomic E-state index is 0.115. The van der Waals surface area contributed by atoms with Crippen molar-refractivity contribution in [1.82, 2.24) is 0 Å². The van der Waals surface area contributed by atoms with Crippen molar-refractivity contribution in [3.63, 3.8) is 0 Å². The van der Waals surface area contributed by atoms with E-state index in [4.69, 9.17) is 8.42 Å². The summed E-state index contributed by atoms with van der Waals surface area (Å²) in [6, 6.07) is 0. The summed E-state index contributed by atoms with van der Waals surface area (Å²) in [4.78, 5) is 0. The Kier molecular flexibility index (Phi) is 8.10. The van der Waals surface area contributed by atoms with Gasteiger partial charge in [-0.15, -0.1) is 0 Å². The van der Waals surface area contributed by atoms with Crippen molar-refractivity contribution in [3.05, 3.63) is 0 Å². The highest BCUT2D eigenvalue weighted by atomic mass is 36.0. The van der Waals surface area contributed by atoms with Crippen molar-refractivity contribution >= 4 is 29.6 Å². The lowest BCUT2D eigenvalue weighted by molar-refractivity contribution is -0.439. The zero-order valence-electron chi connectivity index (χ0n) is 11.6. The van der Waals surface area contributed by atoms with E-state index in [1.807, 2.05) is 0 Å². The summed E-state index contributed by atoms with van der Waals surface area (Å²) in [6.45, 7) is 0.115. The van der Waals surface area contributed by atoms with E-state index in [2.05, 4.69) is 21.4 Å². The smallest absolute Gasteiger partial charge is 0.200 e. The van der Waals surface area contributed by atoms with Gasteiger partial charge in [0.1, 0.15) is 0 Å². The van der Waals surface area contributed by atoms with Crippen LogP contribution in [0.2, 0.25) is 0 Å². The van der Waals surface area contributed by atoms with Gasteiger partial charge in [0.05, 0.1) is 0 Å². The molecule has 0 bridgehead atoms. The number of rotatable bonds is 5. The van der Waals surface area contributed by atoms with Gasteiger partial charge in [0.25, 0.3) is 0 Å². The Hall–Kier alpha value is -0.380. The molecule has 0 aliphatic carbocycles. The Morgan fingerprint density at radius 1 is 0.615 bits per heavy atom. The van der Waals surface area contributed by atoms with Gasteiger partial charge < -0.3 is 0 Å². The van der Waals surface area contributed by atoms with Crippen LogP contribution in [-0.4, -0.2) is 44.2 Å². The number of hydrogen-bond donors (Lipinski definition) is 0. The van der Waals surface area contributed by atoms with Crippen molar-refractivity contribution in [2.24, 2.45) is 0 Å². The number of alkyl halides is 13. The Labute approximate surface area is 145 Å². The summed E-state index contributed by atoms with van der Waals surface area (Å²) in [5.41, 5.74) is 0. The standard InChI is InChI=1S/C8H5F13.Cl2O2S/c1-2-3(9,10)4(11,12)5(13,14)6(15,16)7(17,18)8(19,20)21;1-5(2,3)4/h2H2,1H3;. The fourth-order valence-corrected chi connectivity index (χ4v) is 1.02. The average molecular weight is 483 g/mol. The zero-order chi connectivity index (χ0) is 22.2. The molecule has 0 saturated heterocycles. The molecule has 2 nitrogen and oxygen atoms in total. The molecule has 18 heteroatoms. The predicted octanol–water partition coefficient (Wildman–Crippen LogP) is 5.84. The molecule has 0 aliphatic rings. The summed E-state index contributed by atoms with van der Waals surface area (Å²) < 4.78 is 179. The highest BCUT2D eigenvalue weighted by Gasteiger charge is 2.90. The van der Waals surface area contributed by atoms with Gasteiger partial charge in [-0.2, -0.15) is 65.5 Å². The van der Waals surface area contributed by atoms with Crippen molar-refractivity contribution < 1.29 is 65.5 Å². The van der Waals surface area contributed by atoms with E-state index in [0.717, 1.165) is 0 Å². The fourth-order valence-electron chi connectivity index (χ4n) is 1.02. The van der Waals surface area contributed by atoms with Gasteiger partial charge in [-0.1, -0.05) is 6.92 Å². The molecule has 0 unspecified atom stereocenters. The quantitative estimate of drug-likeness (QED) is 0.364. The van der Waals surface area contributed by atoms with Gasteiger partial charge in [-0.3, -0.25) is 0 Å². The van der Waals surface area contributed by atoms with Gasteiger partial charge in [-0.05, 0) is 0 Å². The minimum Gasteiger partial charge on any atom is -0.200 e. The minimum atomic E-state index is -7.81. The van der Waals surface area contributed by atoms with Crippen LogP contribution in [-0.2, 0) is 8.26 Å². The SMILES string of the molecule is CCC(F)(F)C(F)(F)C(F)(F)C(F)(F)C(F)(F)C(F)(F)F.O=S(=O)(Cl)Cl. The molecule has 0 aromatic rings. The molecule has 0 radical (unpaired) electrons. The predicted molar refractivity (Wildman–Crippen MR) is 61.7 cm³/mol. The van der Waals surface area contributed by atoms with E-state index >= 15 is 0 Å². The third-order valence-corrected chi connectivity index (χ3v) is 2.44. The van der Waals surface area contributed by atoms with Gasteiger partial charge in [0.15, 0.2) is 0 Å². The van der Waals surface area contributed by atoms with Gasteiger partial charge in [0.2, 0.25) is 0 Å². The Balaban J connectivity index is 0. The molecule has 0 N–H and O–H groups in total. The van der Waals surface area contributed by atoms with Crippen molar-refractivity contribution in [2.75, 3.05) is 0 Å². The maximum Gasteiger partial charge on any atom is 0.460 e. The molecular weight excluding hydrogens is 478 g/mol. The van der Waals surface area contributed by atoms with E-state index < -0.39 is 50.5 Å². The normalized spacial score (nSPS) is 15.4. The molecule has 0 aromatic heterocycles. The Morgan fingerprint density at radius 2 is 0.846 bits per heavy atom. The highest BCUT2D eigenvalue weighted by molar-refractivity contribution is 8.31. The van der Waals surface area contributed by atoms with Crippen LogP contribution in [0.4, 0.5) is 57.1 Å². The first-order chi connectivity index (χ1) is 10.8. The number of halogens is 15. The van der Waals surface area contributed by atoms with Crippen LogP contribution in [0.5, 0.6) is 0 Å². The molecule has 0 heterocycles. The highest BCUT2D eigenvalue weighted by Crippen LogP contribution is 2.60. The second kappa shape index (κ2) is 7.56. The molecule has 160 valence electrons. The van der Waals surface area contributed by atoms with Crippen LogP contribution < -0.4 is 0 Å². The summed E-state index contributed by atoms with van der Waals surface area (Å²) in [5.74, 6) is -36.2. The molecule has 0 rings (SSSR count). The molecule has 0 atom stereocenters. The fraction of sp³-hybridized carbons (Fsp3) is 1.00. The summed E-state index contributed by atoms with van der Waals surface area (Å²) in [6.07, 6.45) is -9.57. The van der Waals surface area contributed by atoms with E-state index in [0.29, 0.717) is 0 Å². The lowest BCUT2D eigenvalue weighted by atomic mass is 9.93. The third-order valence-electron chi connectivity index (χ3n) is 2.44. The van der Waals surface area contributed by atoms with E-state index in [1.165, 1.54) is 0 Å². The molecule has 0 spiro atoms. The summed E-state index contributed by atoms with van der Waals surface area (Å²) in [5, 5.41) is 0. The van der Waals surface area contributed by atoms with E-state index in [9.17, 15) is 57.1 Å². The van der Waals surface area contributed by atoms with Crippen LogP contribution in [0.15, 0.2) is 0 Å². The molecule has 0 aromatic carbocycles. The third kappa shape index (κ3) is 5.33. The van der Waals surface area contributed by atoms with Crippen molar-refractivity contribution in [2.45, 2.75) is 49.1 Å². The average Bonchev–Trinajstić information content (AvgIpc) is 2.34. The van der Waals surface area contributed by atoms with Crippen LogP contribution in [0.1, 0.15) is 13.3 Å². The lowest BCUT2D eigenvalue weighted by Gasteiger charge is -2.39. The summed E-state index contributed by atoms with van der Waals surface area (Å²) >= 11 is 0. The molecule has 0 saturated carbocycles. The van der Waals surface area contributed by atoms with E-state index in [1.54, 1.807) is 0 Å². The van der Waals surface area contributed by atoms with Crippen molar-refractivity contribution in [3.8, 4) is 0 Å². The van der Waals surface area contributed by atoms with Crippen LogP contribution in [0.25, 0.3) is 0 Å². The molecule has 0 fully saturated rings. The van der Waals surface area contributed by atoms with Crippen LogP contribution in [0.3, 0.4) is 0 Å². The van der Waals surface area contributed by atoms with Crippen molar-refractivity contribution in [1.29, 1.82) is 0 Å². The monoisotopic (exact) mass is 482 g/mol. The first-order valence-corrected chi connectivity index (χ1v) is 8.54. The van der Waals surface area contributed by atoms with Gasteiger partial charge in [-0.25, -0.2) is 0 Å². The van der Waals surface area contributed by atoms with Gasteiger partial charge in [0, 0.05) is 27.8 Å². The molecule has 0 amide bonds. The molecule has 0 aliphatic heterocycles. The molecule has 26 heavy (non-hydrogen) atoms. The van der Waals surface area contributed by atoms with Gasteiger partial charge >= 0.3 is 44.1 Å². The Morgan fingerprint density at radius 3 is 1.04 bits per heavy atom. The summed E-state index contributed by atoms with van der Waals surface area (Å²) in [7, 11) is 4.81.